The molecule has 2 N–H and O–H groups in total. The van der Waals surface area contributed by atoms with E-state index in [9.17, 15) is 14.7 Å². The van der Waals surface area contributed by atoms with Crippen LogP contribution in [0.4, 0.5) is 0 Å². The summed E-state index contributed by atoms with van der Waals surface area (Å²) in [7, 11) is 3.54. The molecule has 2 fully saturated rings. The monoisotopic (exact) mass is 417 g/mol. The number of aryl methyl sites for hydroxylation is 1. The van der Waals surface area contributed by atoms with Crippen LogP contribution in [-0.2, 0) is 16.0 Å². The topological polar surface area (TPSA) is 91.3 Å². The van der Waals surface area contributed by atoms with E-state index in [1.54, 1.807) is 19.0 Å². The van der Waals surface area contributed by atoms with Crippen molar-refractivity contribution < 1.29 is 24.2 Å². The molecule has 0 unspecified atom stereocenters. The highest BCUT2D eigenvalue weighted by Gasteiger charge is 2.42. The SMILES string of the molecule is CN(C)C(=O)CN1C[C@H]2C[C@H](O)[C@@H](NC(=O)CCc3ccc4c(c3)OCO4)C[C@H]2C1. The van der Waals surface area contributed by atoms with Crippen LogP contribution in [0.25, 0.3) is 0 Å². The Morgan fingerprint density at radius 3 is 2.67 bits per heavy atom. The molecule has 30 heavy (non-hydrogen) atoms. The van der Waals surface area contributed by atoms with Crippen LogP contribution in [0.3, 0.4) is 0 Å². The zero-order valence-electron chi connectivity index (χ0n) is 17.7. The molecule has 0 radical (unpaired) electrons. The predicted molar refractivity (Wildman–Crippen MR) is 110 cm³/mol. The van der Waals surface area contributed by atoms with Gasteiger partial charge in [-0.1, -0.05) is 6.07 Å². The Morgan fingerprint density at radius 2 is 1.90 bits per heavy atom. The number of carbonyl (C=O) groups excluding carboxylic acids is 2. The van der Waals surface area contributed by atoms with Crippen molar-refractivity contribution in [3.8, 4) is 11.5 Å². The van der Waals surface area contributed by atoms with E-state index in [1.807, 2.05) is 18.2 Å². The average molecular weight is 418 g/mol. The minimum Gasteiger partial charge on any atom is -0.454 e. The number of aliphatic hydroxyl groups excluding tert-OH is 1. The fourth-order valence-corrected chi connectivity index (χ4v) is 4.78. The fraction of sp³-hybridized carbons (Fsp3) is 0.636. The molecule has 8 nitrogen and oxygen atoms in total. The minimum atomic E-state index is -0.537. The number of likely N-dealkylation sites (tertiary alicyclic amines) is 1. The first kappa shape index (κ1) is 20.9. The number of nitrogens with one attached hydrogen (secondary N) is 1. The molecule has 1 saturated carbocycles. The first-order valence-electron chi connectivity index (χ1n) is 10.7. The average Bonchev–Trinajstić information content (AvgIpc) is 3.32. The highest BCUT2D eigenvalue weighted by molar-refractivity contribution is 5.77. The van der Waals surface area contributed by atoms with Gasteiger partial charge in [0.2, 0.25) is 18.6 Å². The largest absolute Gasteiger partial charge is 0.454 e. The second-order valence-electron chi connectivity index (χ2n) is 8.90. The van der Waals surface area contributed by atoms with Crippen LogP contribution in [0.1, 0.15) is 24.8 Å². The third-order valence-corrected chi connectivity index (χ3v) is 6.50. The van der Waals surface area contributed by atoms with E-state index in [4.69, 9.17) is 9.47 Å². The summed E-state index contributed by atoms with van der Waals surface area (Å²) in [5.74, 6) is 2.30. The molecule has 8 heteroatoms. The third kappa shape index (κ3) is 4.70. The molecule has 4 rings (SSSR count). The fourth-order valence-electron chi connectivity index (χ4n) is 4.78. The van der Waals surface area contributed by atoms with Crippen molar-refractivity contribution in [3.63, 3.8) is 0 Å². The minimum absolute atomic E-state index is 0.0483. The second kappa shape index (κ2) is 8.81. The van der Waals surface area contributed by atoms with Crippen molar-refractivity contribution in [2.75, 3.05) is 40.5 Å². The van der Waals surface area contributed by atoms with Crippen LogP contribution >= 0.6 is 0 Å². The molecule has 0 aromatic heterocycles. The standard InChI is InChI=1S/C22H31N3O5/c1-24(2)22(28)12-25-10-15-8-17(18(26)9-16(15)11-25)23-21(27)6-4-14-3-5-19-20(7-14)30-13-29-19/h3,5,7,15-18,26H,4,6,8-13H2,1-2H3,(H,23,27)/t15-,16+,17-,18-/m0/s1. The van der Waals surface area contributed by atoms with Gasteiger partial charge < -0.3 is 24.8 Å². The van der Waals surface area contributed by atoms with E-state index in [0.29, 0.717) is 37.6 Å². The van der Waals surface area contributed by atoms with Gasteiger partial charge in [0.25, 0.3) is 0 Å². The molecule has 1 aromatic rings. The molecule has 2 aliphatic heterocycles. The smallest absolute Gasteiger partial charge is 0.236 e. The predicted octanol–water partition coefficient (Wildman–Crippen LogP) is 0.624. The van der Waals surface area contributed by atoms with Crippen LogP contribution in [-0.4, -0.2) is 79.4 Å². The number of rotatable bonds is 6. The quantitative estimate of drug-likeness (QED) is 0.705. The second-order valence-corrected chi connectivity index (χ2v) is 8.90. The van der Waals surface area contributed by atoms with Crippen LogP contribution < -0.4 is 14.8 Å². The summed E-state index contributed by atoms with van der Waals surface area (Å²) in [5.41, 5.74) is 1.02. The maximum Gasteiger partial charge on any atom is 0.236 e. The first-order chi connectivity index (χ1) is 14.4. The van der Waals surface area contributed by atoms with Crippen LogP contribution in [0, 0.1) is 11.8 Å². The van der Waals surface area contributed by atoms with Crippen LogP contribution in [0.2, 0.25) is 0 Å². The Hall–Kier alpha value is -2.32. The normalized spacial score (nSPS) is 27.6. The molecular formula is C22H31N3O5. The summed E-state index contributed by atoms with van der Waals surface area (Å²) < 4.78 is 10.7. The molecule has 2 heterocycles. The van der Waals surface area contributed by atoms with Gasteiger partial charge in [-0.2, -0.15) is 0 Å². The van der Waals surface area contributed by atoms with Crippen molar-refractivity contribution in [1.82, 2.24) is 15.1 Å². The lowest BCUT2D eigenvalue weighted by atomic mass is 9.77. The lowest BCUT2D eigenvalue weighted by Gasteiger charge is -2.35. The van der Waals surface area contributed by atoms with Gasteiger partial charge in [-0.15, -0.1) is 0 Å². The number of aliphatic hydroxyl groups is 1. The maximum absolute atomic E-state index is 12.5. The van der Waals surface area contributed by atoms with Gasteiger partial charge in [0.15, 0.2) is 11.5 Å². The zero-order valence-corrected chi connectivity index (χ0v) is 17.7. The lowest BCUT2D eigenvalue weighted by molar-refractivity contribution is -0.129. The Morgan fingerprint density at radius 1 is 1.17 bits per heavy atom. The Bertz CT molecular complexity index is 799. The molecular weight excluding hydrogens is 386 g/mol. The third-order valence-electron chi connectivity index (χ3n) is 6.50. The molecule has 164 valence electrons. The Kier molecular flexibility index (Phi) is 6.15. The maximum atomic E-state index is 12.5. The molecule has 0 bridgehead atoms. The summed E-state index contributed by atoms with van der Waals surface area (Å²) in [6.45, 7) is 2.34. The number of carbonyl (C=O) groups is 2. The van der Waals surface area contributed by atoms with Crippen molar-refractivity contribution in [2.24, 2.45) is 11.8 Å². The lowest BCUT2D eigenvalue weighted by Crippen LogP contribution is -2.49. The van der Waals surface area contributed by atoms with E-state index in [2.05, 4.69) is 10.2 Å². The molecule has 1 aromatic carbocycles. The molecule has 1 aliphatic carbocycles. The van der Waals surface area contributed by atoms with Crippen molar-refractivity contribution in [2.45, 2.75) is 37.8 Å². The van der Waals surface area contributed by atoms with Gasteiger partial charge in [-0.3, -0.25) is 14.5 Å². The van der Waals surface area contributed by atoms with Crippen molar-refractivity contribution >= 4 is 11.8 Å². The summed E-state index contributed by atoms with van der Waals surface area (Å²) in [6, 6.07) is 5.51. The van der Waals surface area contributed by atoms with Crippen LogP contribution in [0.15, 0.2) is 18.2 Å². The number of hydrogen-bond donors (Lipinski definition) is 2. The van der Waals surface area contributed by atoms with Gasteiger partial charge in [0.1, 0.15) is 0 Å². The summed E-state index contributed by atoms with van der Waals surface area (Å²) in [5, 5.41) is 13.6. The number of amides is 2. The molecule has 0 spiro atoms. The Balaban J connectivity index is 1.25. The van der Waals surface area contributed by atoms with Crippen molar-refractivity contribution in [1.29, 1.82) is 0 Å². The number of ether oxygens (including phenoxy) is 2. The van der Waals surface area contributed by atoms with Crippen molar-refractivity contribution in [3.05, 3.63) is 23.8 Å². The molecule has 4 atom stereocenters. The van der Waals surface area contributed by atoms with E-state index < -0.39 is 6.10 Å². The zero-order chi connectivity index (χ0) is 21.3. The summed E-state index contributed by atoms with van der Waals surface area (Å²) in [6.07, 6.45) is 1.86. The van der Waals surface area contributed by atoms with E-state index in [1.165, 1.54) is 0 Å². The van der Waals surface area contributed by atoms with Gasteiger partial charge in [-0.05, 0) is 48.8 Å². The molecule has 1 saturated heterocycles. The van der Waals surface area contributed by atoms with Gasteiger partial charge in [-0.25, -0.2) is 0 Å². The number of fused-ring (bicyclic) bond motifs is 2. The number of likely N-dealkylation sites (N-methyl/N-ethyl adjacent to an activating group) is 1. The van der Waals surface area contributed by atoms with Gasteiger partial charge in [0, 0.05) is 33.6 Å². The van der Waals surface area contributed by atoms with Gasteiger partial charge in [0.05, 0.1) is 18.7 Å². The molecule has 3 aliphatic rings. The highest BCUT2D eigenvalue weighted by Crippen LogP contribution is 2.36. The first-order valence-corrected chi connectivity index (χ1v) is 10.7. The van der Waals surface area contributed by atoms with E-state index in [-0.39, 0.29) is 24.6 Å². The summed E-state index contributed by atoms with van der Waals surface area (Å²) in [4.78, 5) is 28.3. The van der Waals surface area contributed by atoms with Crippen LogP contribution in [0.5, 0.6) is 11.5 Å². The summed E-state index contributed by atoms with van der Waals surface area (Å²) >= 11 is 0. The number of nitrogens with zero attached hydrogens (tertiary/aromatic N) is 2. The highest BCUT2D eigenvalue weighted by atomic mass is 16.7. The Labute approximate surface area is 177 Å². The van der Waals surface area contributed by atoms with Gasteiger partial charge >= 0.3 is 0 Å². The van der Waals surface area contributed by atoms with E-state index in [0.717, 1.165) is 36.6 Å². The molecule has 2 amide bonds. The number of benzene rings is 1. The number of hydrogen-bond acceptors (Lipinski definition) is 6. The van der Waals surface area contributed by atoms with E-state index >= 15 is 0 Å².